The highest BCUT2D eigenvalue weighted by molar-refractivity contribution is 9.09. The average molecular weight is 294 g/mol. The Morgan fingerprint density at radius 2 is 2.25 bits per heavy atom. The van der Waals surface area contributed by atoms with Crippen molar-refractivity contribution in [1.82, 2.24) is 4.90 Å². The summed E-state index contributed by atoms with van der Waals surface area (Å²) in [5.41, 5.74) is -0.272. The monoisotopic (exact) mass is 293 g/mol. The molecule has 0 aromatic carbocycles. The summed E-state index contributed by atoms with van der Waals surface area (Å²) in [6.07, 6.45) is 0. The Morgan fingerprint density at radius 1 is 1.56 bits per heavy atom. The lowest BCUT2D eigenvalue weighted by Crippen LogP contribution is -2.51. The number of halogens is 1. The molecule has 1 amide bonds. The Balaban J connectivity index is 2.45. The van der Waals surface area contributed by atoms with Gasteiger partial charge in [-0.2, -0.15) is 0 Å². The lowest BCUT2D eigenvalue weighted by molar-refractivity contribution is -0.148. The highest BCUT2D eigenvalue weighted by Gasteiger charge is 2.27. The largest absolute Gasteiger partial charge is 0.377 e. The van der Waals surface area contributed by atoms with E-state index in [0.717, 1.165) is 5.33 Å². The van der Waals surface area contributed by atoms with E-state index in [1.807, 2.05) is 25.7 Å². The molecule has 1 rings (SSSR count). The zero-order chi connectivity index (χ0) is 12.2. The van der Waals surface area contributed by atoms with Crippen LogP contribution in [0.1, 0.15) is 20.8 Å². The van der Waals surface area contributed by atoms with Crippen LogP contribution in [-0.2, 0) is 14.3 Å². The van der Waals surface area contributed by atoms with Gasteiger partial charge in [0.25, 0.3) is 0 Å². The van der Waals surface area contributed by atoms with Gasteiger partial charge in [-0.05, 0) is 20.8 Å². The summed E-state index contributed by atoms with van der Waals surface area (Å²) in [6, 6.07) is 0.129. The number of carbonyl (C=O) groups is 1. The van der Waals surface area contributed by atoms with E-state index in [9.17, 15) is 4.79 Å². The van der Waals surface area contributed by atoms with Crippen LogP contribution in [0.4, 0.5) is 0 Å². The lowest BCUT2D eigenvalue weighted by atomic mass is 10.2. The number of hydrogen-bond acceptors (Lipinski definition) is 3. The van der Waals surface area contributed by atoms with Gasteiger partial charge in [0, 0.05) is 11.9 Å². The first-order chi connectivity index (χ1) is 7.44. The molecular formula is C11H20BrNO3. The third-order valence-electron chi connectivity index (χ3n) is 2.35. The Hall–Kier alpha value is -0.130. The van der Waals surface area contributed by atoms with Gasteiger partial charge in [-0.15, -0.1) is 0 Å². The minimum atomic E-state index is -0.272. The fourth-order valence-corrected chi connectivity index (χ4v) is 2.01. The van der Waals surface area contributed by atoms with Crippen molar-refractivity contribution >= 4 is 21.8 Å². The molecule has 1 atom stereocenters. The lowest BCUT2D eigenvalue weighted by Gasteiger charge is -2.35. The van der Waals surface area contributed by atoms with Crippen LogP contribution in [-0.4, -0.2) is 54.1 Å². The second kappa shape index (κ2) is 5.98. The number of ether oxygens (including phenoxy) is 2. The molecule has 0 aliphatic carbocycles. The molecule has 16 heavy (non-hydrogen) atoms. The molecular weight excluding hydrogens is 274 g/mol. The topological polar surface area (TPSA) is 38.8 Å². The average Bonchev–Trinajstić information content (AvgIpc) is 2.25. The minimum absolute atomic E-state index is 0.0441. The molecule has 0 N–H and O–H groups in total. The van der Waals surface area contributed by atoms with Crippen LogP contribution in [0.2, 0.25) is 0 Å². The van der Waals surface area contributed by atoms with E-state index < -0.39 is 0 Å². The van der Waals surface area contributed by atoms with Crippen molar-refractivity contribution in [1.29, 1.82) is 0 Å². The van der Waals surface area contributed by atoms with E-state index in [4.69, 9.17) is 9.47 Å². The first-order valence-corrected chi connectivity index (χ1v) is 6.63. The zero-order valence-corrected chi connectivity index (χ0v) is 11.7. The second-order valence-corrected chi connectivity index (χ2v) is 5.52. The van der Waals surface area contributed by atoms with Crippen LogP contribution in [0.3, 0.4) is 0 Å². The number of alkyl halides is 1. The minimum Gasteiger partial charge on any atom is -0.377 e. The van der Waals surface area contributed by atoms with Crippen LogP contribution < -0.4 is 0 Å². The van der Waals surface area contributed by atoms with E-state index in [-0.39, 0.29) is 24.2 Å². The third-order valence-corrected chi connectivity index (χ3v) is 3.10. The number of rotatable bonds is 3. The van der Waals surface area contributed by atoms with Gasteiger partial charge in [0.1, 0.15) is 6.61 Å². The smallest absolute Gasteiger partial charge is 0.249 e. The van der Waals surface area contributed by atoms with E-state index in [1.165, 1.54) is 0 Å². The quantitative estimate of drug-likeness (QED) is 0.739. The van der Waals surface area contributed by atoms with Gasteiger partial charge < -0.3 is 14.4 Å². The maximum Gasteiger partial charge on any atom is 0.249 e. The summed E-state index contributed by atoms with van der Waals surface area (Å²) < 4.78 is 10.8. The van der Waals surface area contributed by atoms with Crippen LogP contribution >= 0.6 is 15.9 Å². The number of nitrogens with zero attached hydrogens (tertiary/aromatic N) is 1. The molecule has 0 spiro atoms. The molecule has 1 fully saturated rings. The fourth-order valence-electron chi connectivity index (χ4n) is 1.47. The second-order valence-electron chi connectivity index (χ2n) is 4.87. The van der Waals surface area contributed by atoms with Crippen molar-refractivity contribution < 1.29 is 14.3 Å². The van der Waals surface area contributed by atoms with E-state index in [2.05, 4.69) is 15.9 Å². The summed E-state index contributed by atoms with van der Waals surface area (Å²) in [7, 11) is 0. The van der Waals surface area contributed by atoms with E-state index in [0.29, 0.717) is 19.8 Å². The van der Waals surface area contributed by atoms with Crippen molar-refractivity contribution in [2.45, 2.75) is 32.4 Å². The molecule has 1 heterocycles. The standard InChI is InChI=1S/C11H20BrNO3/c1-11(2,3)16-8-10(14)13-4-5-15-7-9(13)6-12/h9H,4-8H2,1-3H3. The molecule has 1 aliphatic rings. The predicted molar refractivity (Wildman–Crippen MR) is 65.8 cm³/mol. The van der Waals surface area contributed by atoms with Crippen LogP contribution in [0, 0.1) is 0 Å². The van der Waals surface area contributed by atoms with Crippen molar-refractivity contribution in [2.24, 2.45) is 0 Å². The normalized spacial score (nSPS) is 22.2. The van der Waals surface area contributed by atoms with Gasteiger partial charge in [-0.3, -0.25) is 4.79 Å². The number of carbonyl (C=O) groups excluding carboxylic acids is 1. The van der Waals surface area contributed by atoms with Gasteiger partial charge in [-0.25, -0.2) is 0 Å². The Kier molecular flexibility index (Phi) is 5.21. The zero-order valence-electron chi connectivity index (χ0n) is 10.2. The molecule has 0 aromatic rings. The van der Waals surface area contributed by atoms with Crippen molar-refractivity contribution in [2.75, 3.05) is 31.7 Å². The molecule has 0 bridgehead atoms. The van der Waals surface area contributed by atoms with Gasteiger partial charge in [-0.1, -0.05) is 15.9 Å². The molecule has 0 saturated carbocycles. The maximum atomic E-state index is 11.9. The van der Waals surface area contributed by atoms with Gasteiger partial charge in [0.05, 0.1) is 24.9 Å². The summed E-state index contributed by atoms with van der Waals surface area (Å²) >= 11 is 3.40. The molecule has 1 saturated heterocycles. The highest BCUT2D eigenvalue weighted by Crippen LogP contribution is 2.12. The summed E-state index contributed by atoms with van der Waals surface area (Å²) in [4.78, 5) is 13.8. The van der Waals surface area contributed by atoms with Gasteiger partial charge in [0.2, 0.25) is 5.91 Å². The summed E-state index contributed by atoms with van der Waals surface area (Å²) in [5, 5.41) is 0.744. The van der Waals surface area contributed by atoms with Crippen LogP contribution in [0.25, 0.3) is 0 Å². The van der Waals surface area contributed by atoms with E-state index in [1.54, 1.807) is 0 Å². The van der Waals surface area contributed by atoms with Gasteiger partial charge in [0.15, 0.2) is 0 Å². The summed E-state index contributed by atoms with van der Waals surface area (Å²) in [6.45, 7) is 7.86. The van der Waals surface area contributed by atoms with Crippen molar-refractivity contribution in [3.8, 4) is 0 Å². The van der Waals surface area contributed by atoms with Crippen molar-refractivity contribution in [3.63, 3.8) is 0 Å². The molecule has 0 aromatic heterocycles. The molecule has 1 unspecified atom stereocenters. The molecule has 1 aliphatic heterocycles. The molecule has 4 nitrogen and oxygen atoms in total. The molecule has 0 radical (unpaired) electrons. The predicted octanol–water partition coefficient (Wildman–Crippen LogP) is 1.42. The number of amides is 1. The first-order valence-electron chi connectivity index (χ1n) is 5.51. The first kappa shape index (κ1) is 13.9. The SMILES string of the molecule is CC(C)(C)OCC(=O)N1CCOCC1CBr. The van der Waals surface area contributed by atoms with Crippen LogP contribution in [0.5, 0.6) is 0 Å². The fraction of sp³-hybridized carbons (Fsp3) is 0.909. The number of hydrogen-bond donors (Lipinski definition) is 0. The van der Waals surface area contributed by atoms with Crippen LogP contribution in [0.15, 0.2) is 0 Å². The Bertz CT molecular complexity index is 240. The number of morpholine rings is 1. The Labute approximate surface area is 105 Å². The maximum absolute atomic E-state index is 11.9. The molecule has 94 valence electrons. The van der Waals surface area contributed by atoms with Gasteiger partial charge >= 0.3 is 0 Å². The van der Waals surface area contributed by atoms with E-state index >= 15 is 0 Å². The Morgan fingerprint density at radius 3 is 2.81 bits per heavy atom. The highest BCUT2D eigenvalue weighted by atomic mass is 79.9. The molecule has 5 heteroatoms. The third kappa shape index (κ3) is 4.39. The van der Waals surface area contributed by atoms with Crippen molar-refractivity contribution in [3.05, 3.63) is 0 Å². The summed E-state index contributed by atoms with van der Waals surface area (Å²) in [5.74, 6) is 0.0441.